The zero-order valence-corrected chi connectivity index (χ0v) is 66.0. The van der Waals surface area contributed by atoms with Crippen LogP contribution in [0.4, 0.5) is 0 Å². The van der Waals surface area contributed by atoms with Crippen molar-refractivity contribution in [1.82, 2.24) is 5.32 Å². The summed E-state index contributed by atoms with van der Waals surface area (Å²) in [6.45, 7) is 1.75. The summed E-state index contributed by atoms with van der Waals surface area (Å²) in [4.78, 5) is 13.5. The molecule has 17 atom stereocenters. The van der Waals surface area contributed by atoms with E-state index in [-0.39, 0.29) is 18.9 Å². The summed E-state index contributed by atoms with van der Waals surface area (Å²) in [5, 5.41) is 121. The molecule has 3 fully saturated rings. The van der Waals surface area contributed by atoms with Crippen LogP contribution in [0.5, 0.6) is 0 Å². The highest BCUT2D eigenvalue weighted by atomic mass is 16.8. The first-order valence-electron chi connectivity index (χ1n) is 43.0. The van der Waals surface area contributed by atoms with Gasteiger partial charge in [-0.1, -0.05) is 325 Å². The molecule has 19 heteroatoms. The number of aliphatic hydroxyl groups excluding tert-OH is 11. The lowest BCUT2D eigenvalue weighted by atomic mass is 9.96. The SMILES string of the molecule is CCCCCCC/C=C\C/C=C\CCCCCCCCCCCCCCCCCCCCCC(=O)NC(COC1OC(CO)C(OC2OC(CO)C(OC3OC(CO)C(O)C(O)C3O)C(O)C2O)C(O)C1O)C(O)/C=C/CC/C=C/CC/C=C/CCCCCCCCCCCCCCCCCCCCC. The Morgan fingerprint density at radius 2 is 0.638 bits per heavy atom. The van der Waals surface area contributed by atoms with E-state index < -0.39 is 124 Å². The molecule has 0 saturated carbocycles. The molecule has 0 bridgehead atoms. The number of rotatable bonds is 69. The van der Waals surface area contributed by atoms with E-state index in [0.717, 1.165) is 51.4 Å². The van der Waals surface area contributed by atoms with Crippen LogP contribution in [-0.4, -0.2) is 193 Å². The topological polar surface area (TPSA) is 307 Å². The summed E-state index contributed by atoms with van der Waals surface area (Å²) in [6.07, 6.45) is 59.4. The molecule has 3 heterocycles. The highest BCUT2D eigenvalue weighted by Crippen LogP contribution is 2.33. The van der Waals surface area contributed by atoms with E-state index in [1.165, 1.54) is 263 Å². The molecule has 0 aliphatic carbocycles. The third kappa shape index (κ3) is 45.6. The molecule has 3 rings (SSSR count). The Morgan fingerprint density at radius 1 is 0.343 bits per heavy atom. The van der Waals surface area contributed by atoms with Crippen molar-refractivity contribution in [3.05, 3.63) is 60.8 Å². The Kier molecular flexibility index (Phi) is 60.9. The van der Waals surface area contributed by atoms with Crippen molar-refractivity contribution in [2.24, 2.45) is 0 Å². The van der Waals surface area contributed by atoms with Gasteiger partial charge in [-0.05, 0) is 77.0 Å². The molecular formula is C86H157NO18. The van der Waals surface area contributed by atoms with Crippen LogP contribution in [0.2, 0.25) is 0 Å². The predicted octanol–water partition coefficient (Wildman–Crippen LogP) is 15.4. The minimum atomic E-state index is -1.98. The third-order valence-electron chi connectivity index (χ3n) is 21.3. The van der Waals surface area contributed by atoms with Crippen molar-refractivity contribution in [1.29, 1.82) is 0 Å². The number of unbranched alkanes of at least 4 members (excludes halogenated alkanes) is 45. The lowest BCUT2D eigenvalue weighted by Gasteiger charge is -2.48. The normalized spacial score (nSPS) is 26.0. The fourth-order valence-electron chi connectivity index (χ4n) is 14.4. The van der Waals surface area contributed by atoms with Crippen LogP contribution in [0.1, 0.15) is 348 Å². The van der Waals surface area contributed by atoms with Gasteiger partial charge in [0.2, 0.25) is 5.91 Å². The molecule has 12 N–H and O–H groups in total. The minimum Gasteiger partial charge on any atom is -0.394 e. The van der Waals surface area contributed by atoms with E-state index in [9.17, 15) is 61.0 Å². The maximum atomic E-state index is 13.5. The van der Waals surface area contributed by atoms with E-state index in [0.29, 0.717) is 12.8 Å². The standard InChI is InChI=1S/C86H157NO18/c1-3-5-7-9-11-13-15-17-19-21-23-25-27-29-31-33-34-36-38-40-42-44-46-48-50-52-54-56-58-60-62-64-74(92)87-69(70(91)63-61-59-57-55-53-51-49-47-45-43-41-39-37-35-32-30-28-26-24-22-20-18-16-14-12-10-8-6-4-2)68-100-84-80(98)77(95)82(72(66-89)102-84)105-86-81(99)78(96)83(73(67-90)103-86)104-85-79(97)76(94)75(93)71(65-88)101-85/h15,17,21,23,45,47,53,55,61,63,69-73,75-86,88-91,93-99H,3-14,16,18-20,22,24-44,46,48-52,54,56-60,62,64-68H2,1-2H3,(H,87,92)/b17-15-,23-21-,47-45+,55-53+,63-61+. The molecule has 0 spiro atoms. The maximum Gasteiger partial charge on any atom is 0.220 e. The van der Waals surface area contributed by atoms with Crippen molar-refractivity contribution < 1.29 is 89.4 Å². The number of allylic oxidation sites excluding steroid dienone is 9. The van der Waals surface area contributed by atoms with Crippen LogP contribution in [0, 0.1) is 0 Å². The summed E-state index contributed by atoms with van der Waals surface area (Å²) in [7, 11) is 0. The minimum absolute atomic E-state index is 0.233. The molecule has 0 aromatic heterocycles. The number of hydrogen-bond acceptors (Lipinski definition) is 18. The Hall–Kier alpha value is -2.51. The summed E-state index contributed by atoms with van der Waals surface area (Å²) >= 11 is 0. The van der Waals surface area contributed by atoms with Crippen LogP contribution in [0.15, 0.2) is 60.8 Å². The van der Waals surface area contributed by atoms with E-state index in [2.05, 4.69) is 67.8 Å². The third-order valence-corrected chi connectivity index (χ3v) is 21.3. The van der Waals surface area contributed by atoms with Crippen molar-refractivity contribution >= 4 is 5.91 Å². The zero-order chi connectivity index (χ0) is 76.0. The average molecular weight is 1490 g/mol. The molecule has 0 radical (unpaired) electrons. The summed E-state index contributed by atoms with van der Waals surface area (Å²) in [6, 6.07) is -0.999. The van der Waals surface area contributed by atoms with Gasteiger partial charge in [0.05, 0.1) is 38.6 Å². The first-order chi connectivity index (χ1) is 51.3. The van der Waals surface area contributed by atoms with Gasteiger partial charge >= 0.3 is 0 Å². The lowest BCUT2D eigenvalue weighted by Crippen LogP contribution is -2.66. The number of carbonyl (C=O) groups excluding carboxylic acids is 1. The number of nitrogens with one attached hydrogen (secondary N) is 1. The van der Waals surface area contributed by atoms with Crippen LogP contribution < -0.4 is 5.32 Å². The first kappa shape index (κ1) is 96.7. The van der Waals surface area contributed by atoms with Crippen LogP contribution in [0.3, 0.4) is 0 Å². The van der Waals surface area contributed by atoms with Crippen molar-refractivity contribution in [3.63, 3.8) is 0 Å². The molecule has 3 aliphatic rings. The Bertz CT molecular complexity index is 2130. The zero-order valence-electron chi connectivity index (χ0n) is 66.0. The molecule has 614 valence electrons. The van der Waals surface area contributed by atoms with E-state index in [1.807, 2.05) is 6.08 Å². The van der Waals surface area contributed by atoms with E-state index >= 15 is 0 Å². The molecular weight excluding hydrogens is 1330 g/mol. The highest BCUT2D eigenvalue weighted by Gasteiger charge is 2.54. The van der Waals surface area contributed by atoms with Crippen molar-refractivity contribution in [3.8, 4) is 0 Å². The van der Waals surface area contributed by atoms with Crippen LogP contribution >= 0.6 is 0 Å². The van der Waals surface area contributed by atoms with E-state index in [1.54, 1.807) is 6.08 Å². The Labute approximate surface area is 636 Å². The van der Waals surface area contributed by atoms with Gasteiger partial charge in [-0.15, -0.1) is 0 Å². The van der Waals surface area contributed by atoms with Gasteiger partial charge in [0.25, 0.3) is 0 Å². The second kappa shape index (κ2) is 66.1. The Balaban J connectivity index is 1.37. The molecule has 3 saturated heterocycles. The number of ether oxygens (including phenoxy) is 6. The van der Waals surface area contributed by atoms with Gasteiger partial charge in [-0.2, -0.15) is 0 Å². The second-order valence-electron chi connectivity index (χ2n) is 30.6. The molecule has 0 aromatic rings. The highest BCUT2D eigenvalue weighted by molar-refractivity contribution is 5.76. The molecule has 17 unspecified atom stereocenters. The summed E-state index contributed by atoms with van der Waals surface area (Å²) in [5.41, 5.74) is 0. The second-order valence-corrected chi connectivity index (χ2v) is 30.6. The molecule has 105 heavy (non-hydrogen) atoms. The monoisotopic (exact) mass is 1490 g/mol. The van der Waals surface area contributed by atoms with Gasteiger partial charge < -0.3 is 89.9 Å². The summed E-state index contributed by atoms with van der Waals surface area (Å²) in [5.74, 6) is -0.285. The van der Waals surface area contributed by atoms with Gasteiger partial charge in [0.1, 0.15) is 73.2 Å². The maximum absolute atomic E-state index is 13.5. The molecule has 3 aliphatic heterocycles. The lowest BCUT2D eigenvalue weighted by molar-refractivity contribution is -0.379. The fraction of sp³-hybridized carbons (Fsp3) is 0.872. The summed E-state index contributed by atoms with van der Waals surface area (Å²) < 4.78 is 34.5. The molecule has 1 amide bonds. The fourth-order valence-corrected chi connectivity index (χ4v) is 14.4. The number of amides is 1. The van der Waals surface area contributed by atoms with Crippen LogP contribution in [0.25, 0.3) is 0 Å². The van der Waals surface area contributed by atoms with Crippen molar-refractivity contribution in [2.75, 3.05) is 26.4 Å². The number of hydrogen-bond donors (Lipinski definition) is 12. The predicted molar refractivity (Wildman–Crippen MR) is 420 cm³/mol. The van der Waals surface area contributed by atoms with Gasteiger partial charge in [0.15, 0.2) is 18.9 Å². The van der Waals surface area contributed by atoms with Gasteiger partial charge in [0, 0.05) is 6.42 Å². The smallest absolute Gasteiger partial charge is 0.220 e. The average Bonchev–Trinajstić information content (AvgIpc) is 0.781. The van der Waals surface area contributed by atoms with Gasteiger partial charge in [-0.25, -0.2) is 0 Å². The first-order valence-corrected chi connectivity index (χ1v) is 43.0. The largest absolute Gasteiger partial charge is 0.394 e. The number of aliphatic hydroxyl groups is 11. The van der Waals surface area contributed by atoms with Gasteiger partial charge in [-0.3, -0.25) is 4.79 Å². The molecule has 19 nitrogen and oxygen atoms in total. The van der Waals surface area contributed by atoms with Crippen LogP contribution in [-0.2, 0) is 33.2 Å². The number of carbonyl (C=O) groups is 1. The van der Waals surface area contributed by atoms with Crippen molar-refractivity contribution in [2.45, 2.75) is 452 Å². The van der Waals surface area contributed by atoms with E-state index in [4.69, 9.17) is 28.4 Å². The molecule has 0 aromatic carbocycles. The quantitative estimate of drug-likeness (QED) is 0.0199. The Morgan fingerprint density at radius 3 is 1.01 bits per heavy atom.